The normalized spacial score (nSPS) is 10.5. The fraction of sp³-hybridized carbons (Fsp3) is 0.250. The number of halogens is 1. The maximum Gasteiger partial charge on any atom is 0.256 e. The van der Waals surface area contributed by atoms with Gasteiger partial charge in [0.25, 0.3) is 5.91 Å². The molecule has 1 aromatic carbocycles. The second kappa shape index (κ2) is 6.89. The molecule has 1 amide bonds. The van der Waals surface area contributed by atoms with E-state index in [1.165, 1.54) is 0 Å². The van der Waals surface area contributed by atoms with Crippen LogP contribution >= 0.6 is 22.6 Å². The second-order valence-electron chi connectivity index (χ2n) is 4.91. The Morgan fingerprint density at radius 1 is 1.29 bits per heavy atom. The zero-order valence-electron chi connectivity index (χ0n) is 12.2. The van der Waals surface area contributed by atoms with E-state index in [2.05, 4.69) is 32.9 Å². The number of ether oxygens (including phenoxy) is 1. The summed E-state index contributed by atoms with van der Waals surface area (Å²) in [6.45, 7) is 5.81. The quantitative estimate of drug-likeness (QED) is 0.794. The van der Waals surface area contributed by atoms with Gasteiger partial charge in [0.15, 0.2) is 0 Å². The van der Waals surface area contributed by atoms with Gasteiger partial charge in [-0.1, -0.05) is 6.07 Å². The van der Waals surface area contributed by atoms with Crippen molar-refractivity contribution >= 4 is 34.3 Å². The first kappa shape index (κ1) is 15.8. The lowest BCUT2D eigenvalue weighted by atomic mass is 10.2. The third-order valence-corrected chi connectivity index (χ3v) is 3.87. The monoisotopic (exact) mass is 396 g/mol. The van der Waals surface area contributed by atoms with Crippen LogP contribution in [0.4, 0.5) is 5.82 Å². The van der Waals surface area contributed by atoms with Crippen LogP contribution in [0.25, 0.3) is 0 Å². The highest BCUT2D eigenvalue weighted by molar-refractivity contribution is 14.1. The van der Waals surface area contributed by atoms with Gasteiger partial charge in [0.2, 0.25) is 0 Å². The molecule has 0 saturated heterocycles. The molecule has 0 spiro atoms. The molecule has 0 atom stereocenters. The Labute approximate surface area is 138 Å². The summed E-state index contributed by atoms with van der Waals surface area (Å²) in [6, 6.07) is 10.8. The highest BCUT2D eigenvalue weighted by Gasteiger charge is 2.09. The van der Waals surface area contributed by atoms with Gasteiger partial charge < -0.3 is 10.1 Å². The summed E-state index contributed by atoms with van der Waals surface area (Å²) < 4.78 is 6.66. The number of rotatable bonds is 4. The molecule has 0 bridgehead atoms. The largest absolute Gasteiger partial charge is 0.491 e. The molecule has 1 heterocycles. The van der Waals surface area contributed by atoms with Gasteiger partial charge in [0.1, 0.15) is 11.6 Å². The van der Waals surface area contributed by atoms with Crippen LogP contribution in [-0.4, -0.2) is 17.0 Å². The first-order valence-corrected chi connectivity index (χ1v) is 7.75. The molecular weight excluding hydrogens is 379 g/mol. The molecule has 0 saturated carbocycles. The summed E-state index contributed by atoms with van der Waals surface area (Å²) in [4.78, 5) is 16.6. The summed E-state index contributed by atoms with van der Waals surface area (Å²) in [5, 5.41) is 2.80. The van der Waals surface area contributed by atoms with Gasteiger partial charge in [0, 0.05) is 9.13 Å². The van der Waals surface area contributed by atoms with Gasteiger partial charge >= 0.3 is 0 Å². The summed E-state index contributed by atoms with van der Waals surface area (Å²) in [5.41, 5.74) is 1.44. The van der Waals surface area contributed by atoms with Gasteiger partial charge in [-0.25, -0.2) is 4.98 Å². The van der Waals surface area contributed by atoms with E-state index in [4.69, 9.17) is 4.74 Å². The predicted octanol–water partition coefficient (Wildman–Crippen LogP) is 4.03. The minimum absolute atomic E-state index is 0.0730. The number of carbonyl (C=O) groups excluding carboxylic acids is 1. The standard InChI is InChI=1S/C16H17IN2O2/c1-10(2)21-13-6-4-5-12(9-13)16(20)19-15-8-7-14(17)11(3)18-15/h4-10H,1-3H3,(H,18,19,20). The summed E-state index contributed by atoms with van der Waals surface area (Å²) in [6.07, 6.45) is 0.0730. The molecule has 0 aliphatic carbocycles. The number of benzene rings is 1. The second-order valence-corrected chi connectivity index (χ2v) is 6.07. The molecule has 2 rings (SSSR count). The van der Waals surface area contributed by atoms with Crippen LogP contribution in [0.15, 0.2) is 36.4 Å². The van der Waals surface area contributed by atoms with E-state index in [9.17, 15) is 4.79 Å². The van der Waals surface area contributed by atoms with E-state index in [1.807, 2.05) is 32.9 Å². The Morgan fingerprint density at radius 3 is 2.71 bits per heavy atom. The zero-order chi connectivity index (χ0) is 15.4. The first-order valence-electron chi connectivity index (χ1n) is 6.67. The molecule has 0 radical (unpaired) electrons. The third kappa shape index (κ3) is 4.42. The minimum Gasteiger partial charge on any atom is -0.491 e. The van der Waals surface area contributed by atoms with Crippen molar-refractivity contribution in [2.24, 2.45) is 0 Å². The number of hydrogen-bond acceptors (Lipinski definition) is 3. The highest BCUT2D eigenvalue weighted by atomic mass is 127. The van der Waals surface area contributed by atoms with Gasteiger partial charge in [-0.15, -0.1) is 0 Å². The molecule has 1 aromatic heterocycles. The summed E-state index contributed by atoms with van der Waals surface area (Å²) in [5.74, 6) is 1.04. The molecule has 0 aliphatic heterocycles. The molecule has 5 heteroatoms. The number of nitrogens with zero attached hydrogens (tertiary/aromatic N) is 1. The highest BCUT2D eigenvalue weighted by Crippen LogP contribution is 2.17. The van der Waals surface area contributed by atoms with Crippen molar-refractivity contribution in [3.8, 4) is 5.75 Å². The topological polar surface area (TPSA) is 51.2 Å². The van der Waals surface area contributed by atoms with Crippen molar-refractivity contribution in [3.63, 3.8) is 0 Å². The van der Waals surface area contributed by atoms with Gasteiger partial charge in [-0.3, -0.25) is 4.79 Å². The fourth-order valence-corrected chi connectivity index (χ4v) is 2.09. The molecule has 21 heavy (non-hydrogen) atoms. The molecule has 2 aromatic rings. The average molecular weight is 396 g/mol. The van der Waals surface area contributed by atoms with Crippen LogP contribution in [0.2, 0.25) is 0 Å². The molecule has 110 valence electrons. The van der Waals surface area contributed by atoms with E-state index in [1.54, 1.807) is 24.3 Å². The van der Waals surface area contributed by atoms with Gasteiger partial charge in [-0.05, 0) is 73.7 Å². The fourth-order valence-electron chi connectivity index (χ4n) is 1.78. The van der Waals surface area contributed by atoms with Crippen LogP contribution in [-0.2, 0) is 0 Å². The van der Waals surface area contributed by atoms with E-state index >= 15 is 0 Å². The number of pyridine rings is 1. The number of anilines is 1. The van der Waals surface area contributed by atoms with Crippen molar-refractivity contribution in [1.82, 2.24) is 4.98 Å². The van der Waals surface area contributed by atoms with E-state index in [0.29, 0.717) is 17.1 Å². The minimum atomic E-state index is -0.197. The lowest BCUT2D eigenvalue weighted by Gasteiger charge is -2.11. The van der Waals surface area contributed by atoms with E-state index < -0.39 is 0 Å². The van der Waals surface area contributed by atoms with Crippen molar-refractivity contribution in [2.45, 2.75) is 26.9 Å². The van der Waals surface area contributed by atoms with E-state index in [-0.39, 0.29) is 12.0 Å². The van der Waals surface area contributed by atoms with Crippen LogP contribution in [0.5, 0.6) is 5.75 Å². The number of aromatic nitrogens is 1. The van der Waals surface area contributed by atoms with E-state index in [0.717, 1.165) is 9.26 Å². The maximum absolute atomic E-state index is 12.2. The lowest BCUT2D eigenvalue weighted by Crippen LogP contribution is -2.14. The lowest BCUT2D eigenvalue weighted by molar-refractivity contribution is 0.102. The van der Waals surface area contributed by atoms with Crippen LogP contribution in [0.1, 0.15) is 29.9 Å². The van der Waals surface area contributed by atoms with Crippen LogP contribution in [0.3, 0.4) is 0 Å². The molecule has 0 aliphatic rings. The number of aryl methyl sites for hydroxylation is 1. The van der Waals surface area contributed by atoms with Crippen LogP contribution < -0.4 is 10.1 Å². The van der Waals surface area contributed by atoms with Gasteiger partial charge in [-0.2, -0.15) is 0 Å². The average Bonchev–Trinajstić information content (AvgIpc) is 2.42. The van der Waals surface area contributed by atoms with Crippen LogP contribution in [0, 0.1) is 10.5 Å². The smallest absolute Gasteiger partial charge is 0.256 e. The third-order valence-electron chi connectivity index (χ3n) is 2.73. The number of hydrogen-bond donors (Lipinski definition) is 1. The van der Waals surface area contributed by atoms with Crippen molar-refractivity contribution in [2.75, 3.05) is 5.32 Å². The van der Waals surface area contributed by atoms with Crippen molar-refractivity contribution < 1.29 is 9.53 Å². The number of nitrogens with one attached hydrogen (secondary N) is 1. The Balaban J connectivity index is 2.14. The molecular formula is C16H17IN2O2. The Kier molecular flexibility index (Phi) is 5.17. The molecule has 0 unspecified atom stereocenters. The molecule has 4 nitrogen and oxygen atoms in total. The zero-order valence-corrected chi connectivity index (χ0v) is 14.3. The Bertz CT molecular complexity index is 656. The van der Waals surface area contributed by atoms with Crippen molar-refractivity contribution in [1.29, 1.82) is 0 Å². The Morgan fingerprint density at radius 2 is 2.05 bits per heavy atom. The van der Waals surface area contributed by atoms with Crippen molar-refractivity contribution in [3.05, 3.63) is 51.2 Å². The number of carbonyl (C=O) groups is 1. The predicted molar refractivity (Wildman–Crippen MR) is 91.9 cm³/mol. The summed E-state index contributed by atoms with van der Waals surface area (Å²) >= 11 is 2.21. The maximum atomic E-state index is 12.2. The molecule has 0 fully saturated rings. The molecule has 1 N–H and O–H groups in total. The first-order chi connectivity index (χ1) is 9.95. The summed E-state index contributed by atoms with van der Waals surface area (Å²) in [7, 11) is 0. The number of amides is 1. The SMILES string of the molecule is Cc1nc(NC(=O)c2cccc(OC(C)C)c2)ccc1I. The van der Waals surface area contributed by atoms with Gasteiger partial charge in [0.05, 0.1) is 11.8 Å². The Hall–Kier alpha value is -1.63.